The lowest BCUT2D eigenvalue weighted by molar-refractivity contribution is -0.118. The highest BCUT2D eigenvalue weighted by Gasteiger charge is 2.10. The van der Waals surface area contributed by atoms with E-state index < -0.39 is 0 Å². The molecule has 0 atom stereocenters. The molecule has 1 aromatic heterocycles. The van der Waals surface area contributed by atoms with Crippen LogP contribution >= 0.6 is 0 Å². The molecule has 31 heavy (non-hydrogen) atoms. The first-order valence-electron chi connectivity index (χ1n) is 9.87. The third-order valence-electron chi connectivity index (χ3n) is 4.67. The van der Waals surface area contributed by atoms with Crippen molar-refractivity contribution in [2.24, 2.45) is 0 Å². The Hall–Kier alpha value is -4.19. The number of carbonyl (C=O) groups excluding carboxylic acids is 2. The average molecular weight is 411 g/mol. The van der Waals surface area contributed by atoms with Gasteiger partial charge in [0, 0.05) is 22.8 Å². The Morgan fingerprint density at radius 3 is 2.55 bits per heavy atom. The minimum Gasteiger partial charge on any atom is -0.483 e. The van der Waals surface area contributed by atoms with Crippen molar-refractivity contribution in [1.29, 1.82) is 0 Å². The van der Waals surface area contributed by atoms with Crippen LogP contribution < -0.4 is 15.4 Å². The highest BCUT2D eigenvalue weighted by Crippen LogP contribution is 2.25. The molecule has 0 saturated carbocycles. The quantitative estimate of drug-likeness (QED) is 0.478. The molecule has 6 heteroatoms. The number of benzene rings is 3. The summed E-state index contributed by atoms with van der Waals surface area (Å²) in [6.07, 6.45) is 1.68. The molecule has 0 fully saturated rings. The molecular formula is C25H21N3O3. The summed E-state index contributed by atoms with van der Waals surface area (Å²) in [4.78, 5) is 29.0. The van der Waals surface area contributed by atoms with Crippen LogP contribution in [0.25, 0.3) is 10.8 Å². The van der Waals surface area contributed by atoms with Crippen molar-refractivity contribution in [2.45, 2.75) is 6.54 Å². The Balaban J connectivity index is 1.34. The lowest BCUT2D eigenvalue weighted by atomic mass is 10.1. The number of hydrogen-bond donors (Lipinski definition) is 2. The maximum atomic E-state index is 12.4. The van der Waals surface area contributed by atoms with E-state index in [1.54, 1.807) is 30.5 Å². The molecule has 0 bridgehead atoms. The summed E-state index contributed by atoms with van der Waals surface area (Å²) in [5.41, 5.74) is 1.74. The van der Waals surface area contributed by atoms with E-state index in [0.29, 0.717) is 23.5 Å². The minimum atomic E-state index is -0.307. The van der Waals surface area contributed by atoms with E-state index in [4.69, 9.17) is 4.74 Å². The predicted molar refractivity (Wildman–Crippen MR) is 120 cm³/mol. The van der Waals surface area contributed by atoms with E-state index in [0.717, 1.165) is 16.5 Å². The van der Waals surface area contributed by atoms with Crippen LogP contribution in [0, 0.1) is 0 Å². The van der Waals surface area contributed by atoms with Gasteiger partial charge in [-0.2, -0.15) is 0 Å². The summed E-state index contributed by atoms with van der Waals surface area (Å²) in [7, 11) is 0. The topological polar surface area (TPSA) is 80.3 Å². The number of nitrogens with one attached hydrogen (secondary N) is 2. The molecule has 0 aliphatic rings. The van der Waals surface area contributed by atoms with E-state index in [-0.39, 0.29) is 18.4 Å². The molecule has 4 rings (SSSR count). The summed E-state index contributed by atoms with van der Waals surface area (Å²) in [6, 6.07) is 25.8. The van der Waals surface area contributed by atoms with Gasteiger partial charge < -0.3 is 15.4 Å². The van der Waals surface area contributed by atoms with Crippen LogP contribution in [0.5, 0.6) is 5.75 Å². The second-order valence-corrected chi connectivity index (χ2v) is 6.90. The predicted octanol–water partition coefficient (Wildman–Crippen LogP) is 4.18. The maximum absolute atomic E-state index is 12.4. The van der Waals surface area contributed by atoms with Gasteiger partial charge in [-0.05, 0) is 41.8 Å². The molecule has 6 nitrogen and oxygen atoms in total. The van der Waals surface area contributed by atoms with Gasteiger partial charge in [0.1, 0.15) is 5.75 Å². The van der Waals surface area contributed by atoms with Gasteiger partial charge in [-0.15, -0.1) is 0 Å². The number of ether oxygens (including phenoxy) is 1. The Morgan fingerprint density at radius 1 is 0.871 bits per heavy atom. The fourth-order valence-corrected chi connectivity index (χ4v) is 3.18. The van der Waals surface area contributed by atoms with Crippen LogP contribution in [0.15, 0.2) is 91.1 Å². The van der Waals surface area contributed by atoms with E-state index in [1.807, 2.05) is 60.7 Å². The van der Waals surface area contributed by atoms with E-state index in [1.165, 1.54) is 0 Å². The van der Waals surface area contributed by atoms with Crippen LogP contribution in [-0.2, 0) is 11.3 Å². The van der Waals surface area contributed by atoms with Crippen molar-refractivity contribution >= 4 is 28.3 Å². The first kappa shape index (κ1) is 20.1. The zero-order valence-electron chi connectivity index (χ0n) is 16.7. The zero-order valence-corrected chi connectivity index (χ0v) is 16.7. The number of aromatic nitrogens is 1. The summed E-state index contributed by atoms with van der Waals surface area (Å²) in [5.74, 6) is 0.101. The van der Waals surface area contributed by atoms with Crippen molar-refractivity contribution in [3.63, 3.8) is 0 Å². The largest absolute Gasteiger partial charge is 0.483 e. The van der Waals surface area contributed by atoms with Gasteiger partial charge in [-0.3, -0.25) is 14.6 Å². The number of pyridine rings is 1. The number of carbonyl (C=O) groups is 2. The Morgan fingerprint density at radius 2 is 1.68 bits per heavy atom. The van der Waals surface area contributed by atoms with Crippen LogP contribution in [0.3, 0.4) is 0 Å². The molecule has 2 N–H and O–H groups in total. The first-order valence-corrected chi connectivity index (χ1v) is 9.87. The minimum absolute atomic E-state index is 0.135. The molecule has 0 unspecified atom stereocenters. The Bertz CT molecular complexity index is 1200. The van der Waals surface area contributed by atoms with E-state index >= 15 is 0 Å². The average Bonchev–Trinajstić information content (AvgIpc) is 2.82. The Kier molecular flexibility index (Phi) is 6.18. The molecule has 0 radical (unpaired) electrons. The molecular weight excluding hydrogens is 390 g/mol. The van der Waals surface area contributed by atoms with E-state index in [2.05, 4.69) is 15.6 Å². The van der Waals surface area contributed by atoms with Crippen molar-refractivity contribution in [1.82, 2.24) is 10.3 Å². The maximum Gasteiger partial charge on any atom is 0.262 e. The summed E-state index contributed by atoms with van der Waals surface area (Å²) in [6.45, 7) is 0.194. The molecule has 3 aromatic carbocycles. The van der Waals surface area contributed by atoms with Gasteiger partial charge in [0.15, 0.2) is 6.61 Å². The normalized spacial score (nSPS) is 10.5. The molecule has 1 heterocycles. The van der Waals surface area contributed by atoms with Gasteiger partial charge in [0.05, 0.1) is 12.2 Å². The molecule has 0 aliphatic carbocycles. The molecule has 154 valence electrons. The Labute approximate surface area is 179 Å². The third-order valence-corrected chi connectivity index (χ3v) is 4.67. The molecule has 2 amide bonds. The number of hydrogen-bond acceptors (Lipinski definition) is 4. The SMILES string of the molecule is O=C(COc1cccc2ccccc12)Nc1cccc(C(=O)NCc2ccccn2)c1. The lowest BCUT2D eigenvalue weighted by Crippen LogP contribution is -2.24. The fraction of sp³-hybridized carbons (Fsp3) is 0.0800. The van der Waals surface area contributed by atoms with E-state index in [9.17, 15) is 9.59 Å². The highest BCUT2D eigenvalue weighted by molar-refractivity contribution is 5.97. The second kappa shape index (κ2) is 9.54. The number of fused-ring (bicyclic) bond motifs is 1. The van der Waals surface area contributed by atoms with Crippen LogP contribution in [0.2, 0.25) is 0 Å². The van der Waals surface area contributed by atoms with Crippen molar-refractivity contribution < 1.29 is 14.3 Å². The smallest absolute Gasteiger partial charge is 0.262 e. The van der Waals surface area contributed by atoms with Gasteiger partial charge in [-0.25, -0.2) is 0 Å². The van der Waals surface area contributed by atoms with Crippen molar-refractivity contribution in [3.8, 4) is 5.75 Å². The lowest BCUT2D eigenvalue weighted by Gasteiger charge is -2.11. The fourth-order valence-electron chi connectivity index (χ4n) is 3.18. The van der Waals surface area contributed by atoms with Crippen molar-refractivity contribution in [2.75, 3.05) is 11.9 Å². The van der Waals surface area contributed by atoms with Gasteiger partial charge >= 0.3 is 0 Å². The summed E-state index contributed by atoms with van der Waals surface area (Å²) in [5, 5.41) is 7.59. The molecule has 0 saturated heterocycles. The number of nitrogens with zero attached hydrogens (tertiary/aromatic N) is 1. The summed E-state index contributed by atoms with van der Waals surface area (Å²) < 4.78 is 5.72. The van der Waals surface area contributed by atoms with Crippen LogP contribution in [0.1, 0.15) is 16.1 Å². The molecule has 4 aromatic rings. The zero-order chi connectivity index (χ0) is 21.5. The number of amides is 2. The monoisotopic (exact) mass is 411 g/mol. The molecule has 0 aliphatic heterocycles. The van der Waals surface area contributed by atoms with Crippen molar-refractivity contribution in [3.05, 3.63) is 102 Å². The second-order valence-electron chi connectivity index (χ2n) is 6.90. The molecule has 0 spiro atoms. The van der Waals surface area contributed by atoms with Gasteiger partial charge in [-0.1, -0.05) is 48.5 Å². The van der Waals surface area contributed by atoms with Gasteiger partial charge in [0.25, 0.3) is 11.8 Å². The van der Waals surface area contributed by atoms with Crippen LogP contribution in [0.4, 0.5) is 5.69 Å². The first-order chi connectivity index (χ1) is 15.2. The highest BCUT2D eigenvalue weighted by atomic mass is 16.5. The summed E-state index contributed by atoms with van der Waals surface area (Å²) >= 11 is 0. The number of rotatable bonds is 7. The standard InChI is InChI=1S/C25H21N3O3/c29-24(17-31-23-13-6-8-18-7-1-2-12-22(18)23)28-20-11-5-9-19(15-20)25(30)27-16-21-10-3-4-14-26-21/h1-15H,16-17H2,(H,27,30)(H,28,29). The number of anilines is 1. The van der Waals surface area contributed by atoms with Crippen LogP contribution in [-0.4, -0.2) is 23.4 Å². The third kappa shape index (κ3) is 5.25. The van der Waals surface area contributed by atoms with Gasteiger partial charge in [0.2, 0.25) is 0 Å².